The average Bonchev–Trinajstić information content (AvgIpc) is 2.96. The molecule has 1 aliphatic rings. The summed E-state index contributed by atoms with van der Waals surface area (Å²) in [6.45, 7) is 2.57. The molecular formula is C11H17IN4O. The molecule has 1 aromatic rings. The van der Waals surface area contributed by atoms with Crippen molar-refractivity contribution in [1.82, 2.24) is 15.1 Å². The molecule has 0 saturated heterocycles. The first kappa shape index (κ1) is 12.8. The van der Waals surface area contributed by atoms with Gasteiger partial charge in [-0.2, -0.15) is 5.10 Å². The van der Waals surface area contributed by atoms with E-state index in [1.165, 1.54) is 0 Å². The SMILES string of the molecule is CC(CCn1cc(I)cn1)(NC1CC1)C(N)=O. The topological polar surface area (TPSA) is 72.9 Å². The minimum atomic E-state index is -0.626. The van der Waals surface area contributed by atoms with E-state index < -0.39 is 5.54 Å². The Morgan fingerprint density at radius 1 is 1.76 bits per heavy atom. The molecule has 0 spiro atoms. The third-order valence-electron chi connectivity index (χ3n) is 3.09. The molecule has 0 aliphatic heterocycles. The van der Waals surface area contributed by atoms with Gasteiger partial charge in [-0.25, -0.2) is 0 Å². The number of hydrogen-bond donors (Lipinski definition) is 2. The van der Waals surface area contributed by atoms with Crippen molar-refractivity contribution in [2.24, 2.45) is 5.73 Å². The molecule has 3 N–H and O–H groups in total. The maximum atomic E-state index is 11.5. The highest BCUT2D eigenvalue weighted by Crippen LogP contribution is 2.24. The molecule has 17 heavy (non-hydrogen) atoms. The average molecular weight is 348 g/mol. The van der Waals surface area contributed by atoms with Crippen LogP contribution in [0.25, 0.3) is 0 Å². The number of aromatic nitrogens is 2. The van der Waals surface area contributed by atoms with Gasteiger partial charge in [0.05, 0.1) is 15.3 Å². The van der Waals surface area contributed by atoms with Gasteiger partial charge < -0.3 is 11.1 Å². The smallest absolute Gasteiger partial charge is 0.237 e. The number of amides is 1. The fraction of sp³-hybridized carbons (Fsp3) is 0.636. The molecule has 1 aliphatic carbocycles. The predicted octanol–water partition coefficient (Wildman–Crippen LogP) is 0.874. The third kappa shape index (κ3) is 3.41. The fourth-order valence-corrected chi connectivity index (χ4v) is 2.19. The van der Waals surface area contributed by atoms with Gasteiger partial charge in [-0.15, -0.1) is 0 Å². The Labute approximate surface area is 114 Å². The van der Waals surface area contributed by atoms with E-state index >= 15 is 0 Å². The Bertz CT molecular complexity index is 415. The van der Waals surface area contributed by atoms with Crippen LogP contribution in [0.4, 0.5) is 0 Å². The second kappa shape index (κ2) is 4.93. The third-order valence-corrected chi connectivity index (χ3v) is 3.64. The molecule has 2 rings (SSSR count). The first-order valence-corrected chi connectivity index (χ1v) is 6.83. The zero-order chi connectivity index (χ0) is 12.5. The van der Waals surface area contributed by atoms with Crippen LogP contribution in [0.2, 0.25) is 0 Å². The van der Waals surface area contributed by atoms with Crippen LogP contribution in [0.3, 0.4) is 0 Å². The van der Waals surface area contributed by atoms with E-state index in [0.717, 1.165) is 16.4 Å². The van der Waals surface area contributed by atoms with Gasteiger partial charge >= 0.3 is 0 Å². The van der Waals surface area contributed by atoms with Crippen LogP contribution in [0.5, 0.6) is 0 Å². The minimum absolute atomic E-state index is 0.286. The van der Waals surface area contributed by atoms with Crippen LogP contribution in [-0.2, 0) is 11.3 Å². The first-order chi connectivity index (χ1) is 7.99. The fourth-order valence-electron chi connectivity index (χ4n) is 1.74. The van der Waals surface area contributed by atoms with Crippen molar-refractivity contribution in [3.63, 3.8) is 0 Å². The molecular weight excluding hydrogens is 331 g/mol. The largest absolute Gasteiger partial charge is 0.368 e. The second-order valence-electron chi connectivity index (χ2n) is 4.79. The molecule has 6 heteroatoms. The lowest BCUT2D eigenvalue weighted by Crippen LogP contribution is -2.54. The van der Waals surface area contributed by atoms with Crippen molar-refractivity contribution >= 4 is 28.5 Å². The summed E-state index contributed by atoms with van der Waals surface area (Å²) in [6, 6.07) is 0.463. The van der Waals surface area contributed by atoms with Gasteiger partial charge in [0, 0.05) is 18.8 Å². The Morgan fingerprint density at radius 2 is 2.47 bits per heavy atom. The van der Waals surface area contributed by atoms with Gasteiger partial charge in [0.1, 0.15) is 0 Å². The minimum Gasteiger partial charge on any atom is -0.368 e. The Morgan fingerprint density at radius 3 is 2.94 bits per heavy atom. The van der Waals surface area contributed by atoms with E-state index in [4.69, 9.17) is 5.73 Å². The van der Waals surface area contributed by atoms with E-state index in [9.17, 15) is 4.79 Å². The molecule has 1 aromatic heterocycles. The number of carbonyl (C=O) groups excluding carboxylic acids is 1. The zero-order valence-corrected chi connectivity index (χ0v) is 12.0. The number of halogens is 1. The molecule has 1 amide bonds. The van der Waals surface area contributed by atoms with Gasteiger partial charge in [-0.3, -0.25) is 9.48 Å². The highest BCUT2D eigenvalue weighted by atomic mass is 127. The van der Waals surface area contributed by atoms with Gasteiger partial charge in [0.2, 0.25) is 5.91 Å². The van der Waals surface area contributed by atoms with Crippen LogP contribution in [0.15, 0.2) is 12.4 Å². The van der Waals surface area contributed by atoms with Crippen LogP contribution in [0.1, 0.15) is 26.2 Å². The number of nitrogens with two attached hydrogens (primary N) is 1. The lowest BCUT2D eigenvalue weighted by molar-refractivity contribution is -0.124. The summed E-state index contributed by atoms with van der Waals surface area (Å²) in [5.74, 6) is -0.286. The van der Waals surface area contributed by atoms with Crippen LogP contribution in [-0.4, -0.2) is 27.3 Å². The van der Waals surface area contributed by atoms with Crippen molar-refractivity contribution in [1.29, 1.82) is 0 Å². The number of nitrogens with one attached hydrogen (secondary N) is 1. The zero-order valence-electron chi connectivity index (χ0n) is 9.82. The lowest BCUT2D eigenvalue weighted by atomic mass is 9.96. The molecule has 1 heterocycles. The van der Waals surface area contributed by atoms with Crippen LogP contribution < -0.4 is 11.1 Å². The Balaban J connectivity index is 1.95. The van der Waals surface area contributed by atoms with Crippen LogP contribution in [0, 0.1) is 3.57 Å². The summed E-state index contributed by atoms with van der Waals surface area (Å²) in [7, 11) is 0. The molecule has 0 bridgehead atoms. The number of carbonyl (C=O) groups is 1. The predicted molar refractivity (Wildman–Crippen MR) is 73.3 cm³/mol. The maximum absolute atomic E-state index is 11.5. The molecule has 1 atom stereocenters. The summed E-state index contributed by atoms with van der Waals surface area (Å²) in [5.41, 5.74) is 4.86. The van der Waals surface area contributed by atoms with E-state index in [1.54, 1.807) is 6.20 Å². The summed E-state index contributed by atoms with van der Waals surface area (Å²) in [6.07, 6.45) is 6.71. The quantitative estimate of drug-likeness (QED) is 0.750. The summed E-state index contributed by atoms with van der Waals surface area (Å²) in [4.78, 5) is 11.5. The van der Waals surface area contributed by atoms with Gasteiger partial charge in [0.25, 0.3) is 0 Å². The van der Waals surface area contributed by atoms with Gasteiger partial charge in [0.15, 0.2) is 0 Å². The number of primary amides is 1. The Hall–Kier alpha value is -0.630. The van der Waals surface area contributed by atoms with E-state index in [1.807, 2.05) is 17.8 Å². The van der Waals surface area contributed by atoms with E-state index in [0.29, 0.717) is 19.0 Å². The monoisotopic (exact) mass is 348 g/mol. The Kier molecular flexibility index (Phi) is 3.72. The summed E-state index contributed by atoms with van der Waals surface area (Å²) >= 11 is 2.21. The van der Waals surface area contributed by atoms with Crippen molar-refractivity contribution < 1.29 is 4.79 Å². The van der Waals surface area contributed by atoms with Gasteiger partial charge in [-0.1, -0.05) is 0 Å². The van der Waals surface area contributed by atoms with Crippen molar-refractivity contribution in [3.8, 4) is 0 Å². The highest BCUT2D eigenvalue weighted by Gasteiger charge is 2.36. The molecule has 1 unspecified atom stereocenters. The summed E-state index contributed by atoms with van der Waals surface area (Å²) in [5, 5.41) is 7.53. The highest BCUT2D eigenvalue weighted by molar-refractivity contribution is 14.1. The molecule has 1 fully saturated rings. The van der Waals surface area contributed by atoms with Crippen LogP contribution >= 0.6 is 22.6 Å². The second-order valence-corrected chi connectivity index (χ2v) is 6.03. The normalized spacial score (nSPS) is 18.9. The standard InChI is InChI=1S/C11H17IN4O/c1-11(10(13)17,15-9-2-3-9)4-5-16-7-8(12)6-14-16/h6-7,9,15H,2-5H2,1H3,(H2,13,17). The van der Waals surface area contributed by atoms with Crippen molar-refractivity contribution in [2.75, 3.05) is 0 Å². The molecule has 1 saturated carbocycles. The number of aryl methyl sites for hydroxylation is 1. The lowest BCUT2D eigenvalue weighted by Gasteiger charge is -2.27. The van der Waals surface area contributed by atoms with Gasteiger partial charge in [-0.05, 0) is 48.8 Å². The summed E-state index contributed by atoms with van der Waals surface area (Å²) < 4.78 is 2.94. The molecule has 0 radical (unpaired) electrons. The molecule has 5 nitrogen and oxygen atoms in total. The maximum Gasteiger partial charge on any atom is 0.237 e. The number of rotatable bonds is 6. The van der Waals surface area contributed by atoms with Crippen molar-refractivity contribution in [3.05, 3.63) is 16.0 Å². The number of nitrogens with zero attached hydrogens (tertiary/aromatic N) is 2. The van der Waals surface area contributed by atoms with E-state index in [-0.39, 0.29) is 5.91 Å². The molecule has 0 aromatic carbocycles. The molecule has 94 valence electrons. The van der Waals surface area contributed by atoms with E-state index in [2.05, 4.69) is 33.0 Å². The van der Waals surface area contributed by atoms with Crippen molar-refractivity contribution in [2.45, 2.75) is 44.3 Å². The first-order valence-electron chi connectivity index (χ1n) is 5.75. The number of hydrogen-bond acceptors (Lipinski definition) is 3.